The molecule has 0 radical (unpaired) electrons. The third kappa shape index (κ3) is 3.01. The van der Waals surface area contributed by atoms with E-state index in [1.165, 1.54) is 66.1 Å². The molecule has 2 heterocycles. The number of fused-ring (bicyclic) bond motifs is 6. The molecule has 0 N–H and O–H groups in total. The van der Waals surface area contributed by atoms with Crippen LogP contribution in [0.3, 0.4) is 0 Å². The lowest BCUT2D eigenvalue weighted by molar-refractivity contribution is 1.17. The van der Waals surface area contributed by atoms with Gasteiger partial charge in [-0.15, -0.1) is 0 Å². The van der Waals surface area contributed by atoms with Crippen LogP contribution < -0.4 is 0 Å². The zero-order valence-electron chi connectivity index (χ0n) is 20.8. The fraction of sp³-hybridized carbons (Fsp3) is 0. The molecule has 38 heavy (non-hydrogen) atoms. The first-order valence-electron chi connectivity index (χ1n) is 13.0. The molecule has 0 unspecified atom stereocenters. The molecule has 0 bridgehead atoms. The van der Waals surface area contributed by atoms with Gasteiger partial charge in [0.1, 0.15) is 0 Å². The van der Waals surface area contributed by atoms with Crippen molar-refractivity contribution in [1.29, 1.82) is 0 Å². The Balaban J connectivity index is 1.44. The molecule has 0 aliphatic carbocycles. The van der Waals surface area contributed by atoms with Crippen LogP contribution in [0.2, 0.25) is 0 Å². The number of rotatable bonds is 3. The van der Waals surface area contributed by atoms with Crippen LogP contribution >= 0.6 is 0 Å². The number of benzene rings is 6. The van der Waals surface area contributed by atoms with Gasteiger partial charge in [-0.3, -0.25) is 0 Å². The summed E-state index contributed by atoms with van der Waals surface area (Å²) in [7, 11) is 0. The van der Waals surface area contributed by atoms with Gasteiger partial charge in [-0.2, -0.15) is 0 Å². The number of hydrogen-bond acceptors (Lipinski definition) is 0. The Labute approximate surface area is 220 Å². The van der Waals surface area contributed by atoms with Crippen LogP contribution in [0.15, 0.2) is 146 Å². The minimum atomic E-state index is 1.18. The first-order chi connectivity index (χ1) is 18.9. The summed E-state index contributed by atoms with van der Waals surface area (Å²) >= 11 is 0. The maximum Gasteiger partial charge on any atom is 0.0542 e. The molecular weight excluding hydrogens is 460 g/mol. The molecule has 0 fully saturated rings. The molecule has 8 aromatic rings. The summed E-state index contributed by atoms with van der Waals surface area (Å²) in [5, 5.41) is 5.07. The van der Waals surface area contributed by atoms with Gasteiger partial charge in [0.05, 0.1) is 27.8 Å². The van der Waals surface area contributed by atoms with Gasteiger partial charge < -0.3 is 9.13 Å². The Bertz CT molecular complexity index is 2070. The number of hydrogen-bond donors (Lipinski definition) is 0. The molecule has 2 nitrogen and oxygen atoms in total. The molecular formula is C36H24N2. The average molecular weight is 485 g/mol. The Morgan fingerprint density at radius 3 is 1.53 bits per heavy atom. The number of para-hydroxylation sites is 4. The van der Waals surface area contributed by atoms with E-state index in [-0.39, 0.29) is 0 Å². The molecule has 0 aliphatic rings. The van der Waals surface area contributed by atoms with Gasteiger partial charge in [0.15, 0.2) is 0 Å². The summed E-state index contributed by atoms with van der Waals surface area (Å²) in [6, 6.07) is 52.4. The summed E-state index contributed by atoms with van der Waals surface area (Å²) in [5.41, 5.74) is 9.68. The average Bonchev–Trinajstić information content (AvgIpc) is 3.50. The molecule has 0 amide bonds. The predicted octanol–water partition coefficient (Wildman–Crippen LogP) is 9.55. The van der Waals surface area contributed by atoms with Crippen molar-refractivity contribution >= 4 is 43.6 Å². The quantitative estimate of drug-likeness (QED) is 0.236. The molecule has 0 aliphatic heterocycles. The summed E-state index contributed by atoms with van der Waals surface area (Å²) in [6.07, 6.45) is 0. The van der Waals surface area contributed by atoms with E-state index in [1.807, 2.05) is 0 Å². The minimum Gasteiger partial charge on any atom is -0.309 e. The van der Waals surface area contributed by atoms with Crippen molar-refractivity contribution in [1.82, 2.24) is 9.13 Å². The maximum atomic E-state index is 2.42. The summed E-state index contributed by atoms with van der Waals surface area (Å²) in [4.78, 5) is 0. The van der Waals surface area contributed by atoms with Gasteiger partial charge in [-0.05, 0) is 48.0 Å². The SMILES string of the molecule is c1ccc(-c2ccccc2-n2c3ccccc3c3cc(-n4c5ccccc5c5ccccc54)ccc32)cc1. The highest BCUT2D eigenvalue weighted by atomic mass is 15.0. The van der Waals surface area contributed by atoms with Crippen molar-refractivity contribution in [2.45, 2.75) is 0 Å². The van der Waals surface area contributed by atoms with Crippen LogP contribution in [0.5, 0.6) is 0 Å². The summed E-state index contributed by atoms with van der Waals surface area (Å²) in [5.74, 6) is 0. The van der Waals surface area contributed by atoms with Crippen LogP contribution in [-0.4, -0.2) is 9.13 Å². The lowest BCUT2D eigenvalue weighted by Gasteiger charge is -2.14. The van der Waals surface area contributed by atoms with E-state index in [4.69, 9.17) is 0 Å². The second-order valence-corrected chi connectivity index (χ2v) is 9.81. The molecule has 2 heteroatoms. The van der Waals surface area contributed by atoms with Crippen molar-refractivity contribution in [2.24, 2.45) is 0 Å². The molecule has 2 aromatic heterocycles. The van der Waals surface area contributed by atoms with E-state index in [1.54, 1.807) is 0 Å². The largest absolute Gasteiger partial charge is 0.309 e. The minimum absolute atomic E-state index is 1.18. The van der Waals surface area contributed by atoms with Gasteiger partial charge in [0.2, 0.25) is 0 Å². The van der Waals surface area contributed by atoms with Crippen LogP contribution in [0.4, 0.5) is 0 Å². The van der Waals surface area contributed by atoms with Crippen molar-refractivity contribution in [2.75, 3.05) is 0 Å². The Hall–Kier alpha value is -5.08. The molecule has 178 valence electrons. The maximum absolute atomic E-state index is 2.42. The van der Waals surface area contributed by atoms with Crippen molar-refractivity contribution in [3.63, 3.8) is 0 Å². The lowest BCUT2D eigenvalue weighted by Crippen LogP contribution is -1.97. The van der Waals surface area contributed by atoms with E-state index in [9.17, 15) is 0 Å². The van der Waals surface area contributed by atoms with Crippen molar-refractivity contribution in [3.8, 4) is 22.5 Å². The highest BCUT2D eigenvalue weighted by Gasteiger charge is 2.17. The van der Waals surface area contributed by atoms with Gasteiger partial charge >= 0.3 is 0 Å². The smallest absolute Gasteiger partial charge is 0.0542 e. The number of nitrogens with zero attached hydrogens (tertiary/aromatic N) is 2. The van der Waals surface area contributed by atoms with E-state index >= 15 is 0 Å². The molecule has 0 saturated carbocycles. The van der Waals surface area contributed by atoms with E-state index in [0.29, 0.717) is 0 Å². The van der Waals surface area contributed by atoms with Crippen LogP contribution in [0, 0.1) is 0 Å². The van der Waals surface area contributed by atoms with Crippen LogP contribution in [0.25, 0.3) is 66.1 Å². The Kier molecular flexibility index (Phi) is 4.55. The zero-order chi connectivity index (χ0) is 25.1. The first-order valence-corrected chi connectivity index (χ1v) is 13.0. The molecule has 0 spiro atoms. The third-order valence-electron chi connectivity index (χ3n) is 7.72. The second kappa shape index (κ2) is 8.22. The zero-order valence-corrected chi connectivity index (χ0v) is 20.8. The van der Waals surface area contributed by atoms with E-state index < -0.39 is 0 Å². The van der Waals surface area contributed by atoms with Crippen LogP contribution in [-0.2, 0) is 0 Å². The highest BCUT2D eigenvalue weighted by molar-refractivity contribution is 6.12. The topological polar surface area (TPSA) is 9.86 Å². The van der Waals surface area contributed by atoms with Crippen LogP contribution in [0.1, 0.15) is 0 Å². The van der Waals surface area contributed by atoms with Gasteiger partial charge in [0.25, 0.3) is 0 Å². The van der Waals surface area contributed by atoms with Gasteiger partial charge in [-0.1, -0.05) is 103 Å². The van der Waals surface area contributed by atoms with Gasteiger partial charge in [0, 0.05) is 32.8 Å². The lowest BCUT2D eigenvalue weighted by atomic mass is 10.0. The Morgan fingerprint density at radius 1 is 0.342 bits per heavy atom. The van der Waals surface area contributed by atoms with Crippen molar-refractivity contribution in [3.05, 3.63) is 146 Å². The second-order valence-electron chi connectivity index (χ2n) is 9.81. The normalized spacial score (nSPS) is 11.7. The van der Waals surface area contributed by atoms with E-state index in [0.717, 1.165) is 0 Å². The summed E-state index contributed by atoms with van der Waals surface area (Å²) in [6.45, 7) is 0. The Morgan fingerprint density at radius 2 is 0.842 bits per heavy atom. The fourth-order valence-corrected chi connectivity index (χ4v) is 6.09. The van der Waals surface area contributed by atoms with E-state index in [2.05, 4.69) is 155 Å². The highest BCUT2D eigenvalue weighted by Crippen LogP contribution is 2.38. The molecule has 0 saturated heterocycles. The first kappa shape index (κ1) is 21.0. The summed E-state index contributed by atoms with van der Waals surface area (Å²) < 4.78 is 4.82. The molecule has 8 rings (SSSR count). The standard InChI is InChI=1S/C36H24N2/c1-2-12-25(13-3-1)27-14-4-8-18-32(27)38-35-21-11-7-17-30(35)31-24-26(22-23-36(31)38)37-33-19-9-5-15-28(33)29-16-6-10-20-34(29)37/h1-24H. The molecule has 6 aromatic carbocycles. The predicted molar refractivity (Wildman–Crippen MR) is 161 cm³/mol. The fourth-order valence-electron chi connectivity index (χ4n) is 6.09. The van der Waals surface area contributed by atoms with Crippen molar-refractivity contribution < 1.29 is 0 Å². The number of aromatic nitrogens is 2. The third-order valence-corrected chi connectivity index (χ3v) is 7.72. The monoisotopic (exact) mass is 484 g/mol. The van der Waals surface area contributed by atoms with Gasteiger partial charge in [-0.25, -0.2) is 0 Å². The molecule has 0 atom stereocenters.